The van der Waals surface area contributed by atoms with Gasteiger partial charge in [0.25, 0.3) is 11.5 Å². The maximum absolute atomic E-state index is 13.9. The van der Waals surface area contributed by atoms with Crippen molar-refractivity contribution in [3.8, 4) is 0 Å². The summed E-state index contributed by atoms with van der Waals surface area (Å²) in [7, 11) is 1.00. The minimum Gasteiger partial charge on any atom is -0.400 e. The quantitative estimate of drug-likeness (QED) is 0.286. The van der Waals surface area contributed by atoms with E-state index >= 15 is 0 Å². The summed E-state index contributed by atoms with van der Waals surface area (Å²) in [6.07, 6.45) is 0.381. The molecule has 3 aromatic rings. The van der Waals surface area contributed by atoms with Crippen LogP contribution in [0.4, 0.5) is 17.6 Å². The van der Waals surface area contributed by atoms with Crippen molar-refractivity contribution in [3.63, 3.8) is 0 Å². The minimum atomic E-state index is -4.70. The maximum atomic E-state index is 13.9. The second-order valence-electron chi connectivity index (χ2n) is 10.7. The molecule has 0 bridgehead atoms. The number of aromatic amines is 1. The second kappa shape index (κ2) is 14.8. The number of aliphatic hydroxyl groups excluding tert-OH is 1. The minimum absolute atomic E-state index is 0.0335. The van der Waals surface area contributed by atoms with Crippen molar-refractivity contribution in [2.24, 2.45) is 5.92 Å². The van der Waals surface area contributed by atoms with Gasteiger partial charge in [0, 0.05) is 58.2 Å². The Hall–Kier alpha value is -4.14. The van der Waals surface area contributed by atoms with Crippen molar-refractivity contribution in [1.29, 1.82) is 0 Å². The highest BCUT2D eigenvalue weighted by atomic mass is 19.4. The number of amides is 1. The van der Waals surface area contributed by atoms with Crippen LogP contribution in [-0.2, 0) is 30.4 Å². The van der Waals surface area contributed by atoms with Gasteiger partial charge in [-0.25, -0.2) is 14.5 Å². The number of aromatic nitrogens is 4. The smallest absolute Gasteiger partial charge is 0.400 e. The number of nitrogens with one attached hydrogen (secondary N) is 1. The zero-order valence-corrected chi connectivity index (χ0v) is 25.1. The normalized spacial score (nSPS) is 16.8. The number of allylic oxidation sites excluding steroid dienone is 4. The van der Waals surface area contributed by atoms with Gasteiger partial charge in [0.15, 0.2) is 5.69 Å². The number of fused-ring (bicyclic) bond motifs is 2. The molecular formula is C31H36F4N6O4. The Morgan fingerprint density at radius 3 is 2.49 bits per heavy atom. The number of halogens is 4. The molecule has 5 rings (SSSR count). The molecule has 10 nitrogen and oxygen atoms in total. The lowest BCUT2D eigenvalue weighted by Crippen LogP contribution is -2.42. The third-order valence-corrected chi connectivity index (χ3v) is 7.51. The first kappa shape index (κ1) is 33.7. The van der Waals surface area contributed by atoms with Crippen molar-refractivity contribution in [2.45, 2.75) is 32.6 Å². The van der Waals surface area contributed by atoms with Crippen LogP contribution in [0.1, 0.15) is 34.6 Å². The number of carbonyl (C=O) groups excluding carboxylic acids is 1. The van der Waals surface area contributed by atoms with Crippen LogP contribution in [0.5, 0.6) is 0 Å². The molecule has 4 heterocycles. The third kappa shape index (κ3) is 8.12. The van der Waals surface area contributed by atoms with E-state index in [1.807, 2.05) is 24.0 Å². The van der Waals surface area contributed by atoms with Gasteiger partial charge in [-0.2, -0.15) is 18.3 Å². The summed E-state index contributed by atoms with van der Waals surface area (Å²) >= 11 is 0. The molecule has 2 aliphatic heterocycles. The molecule has 1 amide bonds. The number of alkyl halides is 3. The predicted octanol–water partition coefficient (Wildman–Crippen LogP) is 3.88. The van der Waals surface area contributed by atoms with E-state index in [1.54, 1.807) is 24.3 Å². The van der Waals surface area contributed by atoms with Gasteiger partial charge in [0.2, 0.25) is 5.82 Å². The topological polar surface area (TPSA) is 117 Å². The van der Waals surface area contributed by atoms with Crippen LogP contribution in [0.15, 0.2) is 65.3 Å². The number of imidazole rings is 1. The molecule has 1 unspecified atom stereocenters. The Morgan fingerprint density at radius 2 is 1.82 bits per heavy atom. The van der Waals surface area contributed by atoms with Crippen molar-refractivity contribution < 1.29 is 32.2 Å². The number of aliphatic hydroxyl groups is 1. The van der Waals surface area contributed by atoms with Crippen LogP contribution < -0.4 is 5.56 Å². The number of morpholine rings is 1. The van der Waals surface area contributed by atoms with Gasteiger partial charge in [-0.1, -0.05) is 43.9 Å². The fourth-order valence-corrected chi connectivity index (χ4v) is 5.58. The molecule has 1 atom stereocenters. The molecule has 242 valence electrons. The van der Waals surface area contributed by atoms with Crippen molar-refractivity contribution in [1.82, 2.24) is 29.5 Å². The summed E-state index contributed by atoms with van der Waals surface area (Å²) in [4.78, 5) is 32.7. The summed E-state index contributed by atoms with van der Waals surface area (Å²) in [5.74, 6) is -2.33. The van der Waals surface area contributed by atoms with Gasteiger partial charge >= 0.3 is 6.18 Å². The largest absolute Gasteiger partial charge is 0.449 e. The number of nitrogens with zero attached hydrogens (tertiary/aromatic N) is 5. The molecule has 45 heavy (non-hydrogen) atoms. The first-order valence-electron chi connectivity index (χ1n) is 14.4. The number of H-pyrrole nitrogens is 1. The molecule has 0 radical (unpaired) electrons. The lowest BCUT2D eigenvalue weighted by molar-refractivity contribution is -0.147. The van der Waals surface area contributed by atoms with Gasteiger partial charge < -0.3 is 19.3 Å². The van der Waals surface area contributed by atoms with Gasteiger partial charge in [0.05, 0.1) is 30.0 Å². The zero-order chi connectivity index (χ0) is 32.7. The first-order valence-corrected chi connectivity index (χ1v) is 14.4. The fraction of sp³-hybridized carbons (Fsp3) is 0.419. The summed E-state index contributed by atoms with van der Waals surface area (Å²) in [5, 5.41) is 14.9. The van der Waals surface area contributed by atoms with Crippen LogP contribution in [0.3, 0.4) is 0 Å². The first-order chi connectivity index (χ1) is 21.5. The average Bonchev–Trinajstić information content (AvgIpc) is 3.42. The van der Waals surface area contributed by atoms with Crippen LogP contribution in [0.2, 0.25) is 0 Å². The van der Waals surface area contributed by atoms with E-state index < -0.39 is 23.7 Å². The Morgan fingerprint density at radius 1 is 1.13 bits per heavy atom. The van der Waals surface area contributed by atoms with E-state index in [2.05, 4.69) is 21.8 Å². The van der Waals surface area contributed by atoms with E-state index in [0.717, 1.165) is 17.3 Å². The number of benzene rings is 1. The van der Waals surface area contributed by atoms with E-state index in [1.165, 1.54) is 11.0 Å². The molecule has 0 aliphatic carbocycles. The van der Waals surface area contributed by atoms with Gasteiger partial charge in [-0.05, 0) is 23.6 Å². The standard InChI is InChI=1S/C30H32F4N6O3.CH4O/c1-19(15-21(8-7-20(2)31)16-24-22-5-3-4-6-23(22)27(41)37-36-24)17-38-9-10-40-25(18-38)26(35-29(40)30(32,33)34)28(42)39-11-13-43-14-12-39;1-2/h3-8,15,19H,2,9-14,16-18H2,1H3,(H,37,41);2H,1H3/b8-7-,21-15+;. The van der Waals surface area contributed by atoms with E-state index in [4.69, 9.17) is 9.84 Å². The van der Waals surface area contributed by atoms with Crippen molar-refractivity contribution in [3.05, 3.63) is 93.7 Å². The summed E-state index contributed by atoms with van der Waals surface area (Å²) in [5.41, 5.74) is 1.08. The van der Waals surface area contributed by atoms with E-state index in [9.17, 15) is 27.2 Å². The number of rotatable bonds is 8. The fourth-order valence-electron chi connectivity index (χ4n) is 5.58. The third-order valence-electron chi connectivity index (χ3n) is 7.51. The molecule has 2 N–H and O–H groups in total. The molecule has 2 aromatic heterocycles. The number of hydrogen-bond donors (Lipinski definition) is 2. The second-order valence-corrected chi connectivity index (χ2v) is 10.7. The van der Waals surface area contributed by atoms with Crippen LogP contribution in [0, 0.1) is 5.92 Å². The monoisotopic (exact) mass is 632 g/mol. The van der Waals surface area contributed by atoms with Crippen molar-refractivity contribution in [2.75, 3.05) is 46.5 Å². The SMILES string of the molecule is C=C(F)/C=C\C(=C/C(C)CN1CCn2c(C(F)(F)F)nc(C(=O)N3CCOCC3)c2C1)Cc1n[nH]c(=O)c2ccccc12.CO. The number of ether oxygens (including phenoxy) is 1. The molecule has 0 spiro atoms. The average molecular weight is 633 g/mol. The van der Waals surface area contributed by atoms with Gasteiger partial charge in [-0.15, -0.1) is 0 Å². The Kier molecular flexibility index (Phi) is 11.1. The summed E-state index contributed by atoms with van der Waals surface area (Å²) in [6, 6.07) is 7.07. The van der Waals surface area contributed by atoms with Crippen molar-refractivity contribution >= 4 is 16.7 Å². The highest BCUT2D eigenvalue weighted by Gasteiger charge is 2.42. The summed E-state index contributed by atoms with van der Waals surface area (Å²) < 4.78 is 61.5. The summed E-state index contributed by atoms with van der Waals surface area (Å²) in [6.45, 7) is 7.40. The number of hydrogen-bond acceptors (Lipinski definition) is 7. The highest BCUT2D eigenvalue weighted by Crippen LogP contribution is 2.33. The van der Waals surface area contributed by atoms with Crippen LogP contribution in [-0.4, -0.2) is 87.1 Å². The molecule has 2 aliphatic rings. The maximum Gasteiger partial charge on any atom is 0.449 e. The Balaban J connectivity index is 0.00000226. The molecule has 1 aromatic carbocycles. The molecule has 14 heteroatoms. The van der Waals surface area contributed by atoms with Crippen LogP contribution in [0.25, 0.3) is 10.8 Å². The van der Waals surface area contributed by atoms with E-state index in [0.29, 0.717) is 62.3 Å². The van der Waals surface area contributed by atoms with E-state index in [-0.39, 0.29) is 36.0 Å². The zero-order valence-electron chi connectivity index (χ0n) is 25.1. The van der Waals surface area contributed by atoms with Gasteiger partial charge in [0.1, 0.15) is 5.83 Å². The van der Waals surface area contributed by atoms with Crippen LogP contribution >= 0.6 is 0 Å². The number of carbonyl (C=O) groups is 1. The Bertz CT molecular complexity index is 1640. The van der Waals surface area contributed by atoms with Gasteiger partial charge in [-0.3, -0.25) is 14.5 Å². The predicted molar refractivity (Wildman–Crippen MR) is 160 cm³/mol. The molecular weight excluding hydrogens is 596 g/mol. The molecule has 0 saturated carbocycles. The molecule has 1 fully saturated rings. The highest BCUT2D eigenvalue weighted by molar-refractivity contribution is 5.93. The Labute approximate surface area is 257 Å². The lowest BCUT2D eigenvalue weighted by atomic mass is 9.99. The molecule has 1 saturated heterocycles. The lowest BCUT2D eigenvalue weighted by Gasteiger charge is -2.31.